The van der Waals surface area contributed by atoms with Gasteiger partial charge in [0, 0.05) is 47.5 Å². The molecule has 63 heavy (non-hydrogen) atoms. The van der Waals surface area contributed by atoms with Crippen LogP contribution in [0.4, 0.5) is 9.18 Å². The number of ketones is 2. The highest BCUT2D eigenvalue weighted by atomic mass is 28.4. The SMILES string of the molecule is COc1c2c(c(OC(=O)OC(C)(C)C)c3cc(CN4CC(F)C4)ccc13)C(O)=C1C(=O)[C@]3(O[Si](C)(C)C(C)(C)C)C(=O)c4c(OCc5ccccc5)noc4[C@@H](N(C)C)[C@@H]3C[C@@H]1C2. The maximum Gasteiger partial charge on any atom is 0.514 e. The van der Waals surface area contributed by atoms with Crippen molar-refractivity contribution in [3.63, 3.8) is 0 Å². The lowest BCUT2D eigenvalue weighted by Gasteiger charge is -2.55. The van der Waals surface area contributed by atoms with Crippen LogP contribution in [0.1, 0.15) is 92.4 Å². The molecule has 0 amide bonds. The number of aromatic nitrogens is 1. The zero-order valence-corrected chi connectivity index (χ0v) is 39.0. The lowest BCUT2D eigenvalue weighted by atomic mass is 9.57. The van der Waals surface area contributed by atoms with Gasteiger partial charge >= 0.3 is 6.16 Å². The van der Waals surface area contributed by atoms with Gasteiger partial charge in [-0.05, 0) is 94.1 Å². The van der Waals surface area contributed by atoms with Crippen molar-refractivity contribution < 1.29 is 51.8 Å². The van der Waals surface area contributed by atoms with Gasteiger partial charge in [0.25, 0.3) is 5.88 Å². The van der Waals surface area contributed by atoms with Gasteiger partial charge in [-0.2, -0.15) is 0 Å². The zero-order chi connectivity index (χ0) is 45.6. The minimum atomic E-state index is -3.02. The maximum absolute atomic E-state index is 16.1. The Hall–Kier alpha value is -5.09. The number of ether oxygens (including phenoxy) is 4. The van der Waals surface area contributed by atoms with E-state index in [2.05, 4.69) is 5.16 Å². The second-order valence-corrected chi connectivity index (χ2v) is 24.8. The molecule has 0 radical (unpaired) electrons. The molecule has 1 saturated carbocycles. The summed E-state index contributed by atoms with van der Waals surface area (Å²) in [4.78, 5) is 49.3. The molecule has 1 aromatic heterocycles. The number of aliphatic hydroxyl groups is 1. The number of alkyl halides is 1. The molecule has 1 aliphatic heterocycles. The Kier molecular flexibility index (Phi) is 11.2. The molecule has 4 aliphatic rings. The molecule has 0 unspecified atom stereocenters. The van der Waals surface area contributed by atoms with Gasteiger partial charge in [-0.1, -0.05) is 63.2 Å². The largest absolute Gasteiger partial charge is 0.514 e. The number of likely N-dealkylation sites (tertiary alicyclic amines) is 1. The monoisotopic (exact) mass is 883 g/mol. The van der Waals surface area contributed by atoms with E-state index in [1.165, 1.54) is 7.11 Å². The smallest absolute Gasteiger partial charge is 0.507 e. The number of fused-ring (bicyclic) bond motifs is 5. The summed E-state index contributed by atoms with van der Waals surface area (Å²) in [5.74, 6) is -2.54. The van der Waals surface area contributed by atoms with E-state index in [0.717, 1.165) is 11.1 Å². The molecule has 3 aliphatic carbocycles. The lowest BCUT2D eigenvalue weighted by molar-refractivity contribution is -0.140. The van der Waals surface area contributed by atoms with Crippen LogP contribution >= 0.6 is 0 Å². The highest BCUT2D eigenvalue weighted by Crippen LogP contribution is 2.60. The molecule has 13 nitrogen and oxygen atoms in total. The first-order chi connectivity index (χ1) is 29.6. The van der Waals surface area contributed by atoms with Crippen LogP contribution in [0, 0.1) is 11.8 Å². The molecular weight excluding hydrogens is 826 g/mol. The average Bonchev–Trinajstić information content (AvgIpc) is 3.60. The number of hydrogen-bond acceptors (Lipinski definition) is 13. The maximum atomic E-state index is 16.1. The first-order valence-electron chi connectivity index (χ1n) is 21.5. The van der Waals surface area contributed by atoms with Crippen molar-refractivity contribution in [1.29, 1.82) is 0 Å². The fourth-order valence-electron chi connectivity index (χ4n) is 9.50. The Labute approximate surface area is 368 Å². The third-order valence-corrected chi connectivity index (χ3v) is 17.8. The normalized spacial score (nSPS) is 22.9. The van der Waals surface area contributed by atoms with E-state index in [1.54, 1.807) is 20.8 Å². The second kappa shape index (κ2) is 15.9. The molecular formula is C48H58FN3O10Si. The number of carbonyl (C=O) groups excluding carboxylic acids is 3. The molecule has 0 spiro atoms. The summed E-state index contributed by atoms with van der Waals surface area (Å²) in [6.45, 7) is 16.3. The molecule has 2 heterocycles. The minimum Gasteiger partial charge on any atom is -0.507 e. The van der Waals surface area contributed by atoms with Gasteiger partial charge in [0.15, 0.2) is 25.4 Å². The number of carbonyl (C=O) groups is 3. The topological polar surface area (TPSA) is 150 Å². The first-order valence-corrected chi connectivity index (χ1v) is 24.5. The predicted molar refractivity (Wildman–Crippen MR) is 236 cm³/mol. The summed E-state index contributed by atoms with van der Waals surface area (Å²) in [6, 6.07) is 14.4. The van der Waals surface area contributed by atoms with Crippen molar-refractivity contribution in [2.75, 3.05) is 34.3 Å². The molecule has 8 rings (SSSR count). The number of methoxy groups -OCH3 is 1. The summed E-state index contributed by atoms with van der Waals surface area (Å²) in [5, 5.41) is 17.7. The van der Waals surface area contributed by atoms with Crippen molar-refractivity contribution >= 4 is 42.6 Å². The molecule has 1 saturated heterocycles. The molecule has 1 N–H and O–H groups in total. The van der Waals surface area contributed by atoms with Crippen molar-refractivity contribution in [3.8, 4) is 17.4 Å². The number of nitrogens with zero attached hydrogens (tertiary/aromatic N) is 3. The Morgan fingerprint density at radius 1 is 0.984 bits per heavy atom. The molecule has 336 valence electrons. The second-order valence-electron chi connectivity index (χ2n) is 20.1. The Morgan fingerprint density at radius 3 is 2.30 bits per heavy atom. The van der Waals surface area contributed by atoms with Crippen LogP contribution in [0.2, 0.25) is 18.1 Å². The van der Waals surface area contributed by atoms with Crippen LogP contribution in [0.15, 0.2) is 58.6 Å². The number of aliphatic hydroxyl groups excluding tert-OH is 1. The third kappa shape index (κ3) is 7.63. The molecule has 4 aromatic rings. The fourth-order valence-corrected chi connectivity index (χ4v) is 10.9. The van der Waals surface area contributed by atoms with Crippen LogP contribution in [-0.4, -0.2) is 97.8 Å². The van der Waals surface area contributed by atoms with Crippen molar-refractivity contribution in [2.24, 2.45) is 11.8 Å². The molecule has 0 bridgehead atoms. The van der Waals surface area contributed by atoms with Gasteiger partial charge in [0.1, 0.15) is 35.5 Å². The number of benzene rings is 3. The van der Waals surface area contributed by atoms with Crippen LogP contribution in [0.25, 0.3) is 16.5 Å². The number of Topliss-reactive ketones (excluding diaryl/α,β-unsaturated/α-hetero) is 2. The quantitative estimate of drug-likeness (QED) is 0.0699. The summed E-state index contributed by atoms with van der Waals surface area (Å²) in [5.41, 5.74) is -0.779. The lowest BCUT2D eigenvalue weighted by Crippen LogP contribution is -2.68. The third-order valence-electron chi connectivity index (χ3n) is 13.4. The fraction of sp³-hybridized carbons (Fsp3) is 0.500. The van der Waals surface area contributed by atoms with E-state index in [1.807, 2.05) is 106 Å². The van der Waals surface area contributed by atoms with E-state index < -0.39 is 72.1 Å². The predicted octanol–water partition coefficient (Wildman–Crippen LogP) is 9.17. The summed E-state index contributed by atoms with van der Waals surface area (Å²) in [7, 11) is 2.24. The molecule has 2 fully saturated rings. The standard InChI is InChI=1S/C48H58FN3O10Si/c1-46(2,3)60-45(56)59-40-31-19-27(22-52-23-29(49)24-52)17-18-30(31)39(57-9)32-20-28-21-33-37(51(7)8)41-36(44(50-61-41)58-25-26-15-13-12-14-16-26)43(55)48(33,62-63(10,11)47(4,5)6)42(54)34(28)38(53)35(32)40/h12-19,28-29,33,37,53H,20-25H2,1-11H3/t28-,33-,37-,48-/m0/s1. The minimum absolute atomic E-state index is 0.00358. The van der Waals surface area contributed by atoms with Gasteiger partial charge in [-0.25, -0.2) is 9.18 Å². The van der Waals surface area contributed by atoms with Gasteiger partial charge in [-0.15, -0.1) is 0 Å². The first kappa shape index (κ1) is 44.5. The van der Waals surface area contributed by atoms with Gasteiger partial charge in [-0.3, -0.25) is 19.4 Å². The van der Waals surface area contributed by atoms with Crippen LogP contribution in [0.3, 0.4) is 0 Å². The summed E-state index contributed by atoms with van der Waals surface area (Å²) < 4.78 is 51.3. The van der Waals surface area contributed by atoms with Crippen LogP contribution in [0.5, 0.6) is 17.4 Å². The summed E-state index contributed by atoms with van der Waals surface area (Å²) in [6.07, 6.45) is -1.50. The van der Waals surface area contributed by atoms with Crippen LogP contribution < -0.4 is 14.2 Å². The highest BCUT2D eigenvalue weighted by molar-refractivity contribution is 6.74. The molecule has 15 heteroatoms. The zero-order valence-electron chi connectivity index (χ0n) is 38.0. The van der Waals surface area contributed by atoms with E-state index in [0.29, 0.717) is 41.7 Å². The number of halogens is 1. The van der Waals surface area contributed by atoms with E-state index in [4.69, 9.17) is 27.9 Å². The van der Waals surface area contributed by atoms with E-state index in [-0.39, 0.29) is 53.5 Å². The molecule has 3 aromatic carbocycles. The molecule has 4 atom stereocenters. The van der Waals surface area contributed by atoms with Gasteiger partial charge in [0.05, 0.1) is 18.7 Å². The van der Waals surface area contributed by atoms with Crippen molar-refractivity contribution in [2.45, 2.75) is 109 Å². The van der Waals surface area contributed by atoms with Gasteiger partial charge in [0.2, 0.25) is 11.6 Å². The van der Waals surface area contributed by atoms with E-state index in [9.17, 15) is 14.3 Å². The number of rotatable bonds is 10. The van der Waals surface area contributed by atoms with Crippen molar-refractivity contribution in [1.82, 2.24) is 15.0 Å². The Bertz CT molecular complexity index is 2520. The average molecular weight is 884 g/mol. The Morgan fingerprint density at radius 2 is 1.68 bits per heavy atom. The highest BCUT2D eigenvalue weighted by Gasteiger charge is 2.69. The Balaban J connectivity index is 1.35. The van der Waals surface area contributed by atoms with Crippen molar-refractivity contribution in [3.05, 3.63) is 87.7 Å². The van der Waals surface area contributed by atoms with Crippen LogP contribution in [-0.2, 0) is 33.5 Å². The summed E-state index contributed by atoms with van der Waals surface area (Å²) >= 11 is 0. The van der Waals surface area contributed by atoms with E-state index >= 15 is 9.59 Å². The number of hydrogen-bond donors (Lipinski definition) is 1. The van der Waals surface area contributed by atoms with Gasteiger partial charge < -0.3 is 33.0 Å².